The topological polar surface area (TPSA) is 107 Å². The zero-order valence-electron chi connectivity index (χ0n) is 16.4. The first-order valence-corrected chi connectivity index (χ1v) is 8.72. The summed E-state index contributed by atoms with van der Waals surface area (Å²) in [5.74, 6) is 0.348. The van der Waals surface area contributed by atoms with Crippen molar-refractivity contribution in [2.45, 2.75) is 26.8 Å². The zero-order chi connectivity index (χ0) is 20.4. The smallest absolute Gasteiger partial charge is 0.413 e. The summed E-state index contributed by atoms with van der Waals surface area (Å²) < 4.78 is 15.4. The van der Waals surface area contributed by atoms with E-state index in [0.29, 0.717) is 35.3 Å². The molecule has 0 saturated carbocycles. The Morgan fingerprint density at radius 1 is 1.11 bits per heavy atom. The summed E-state index contributed by atoms with van der Waals surface area (Å²) in [6, 6.07) is 4.52. The number of likely N-dealkylation sites (N-methyl/N-ethyl adjacent to an activating group) is 1. The normalized spacial score (nSPS) is 12.5. The Morgan fingerprint density at radius 2 is 1.74 bits per heavy atom. The van der Waals surface area contributed by atoms with E-state index in [2.05, 4.69) is 15.4 Å². The third-order valence-corrected chi connectivity index (χ3v) is 3.81. The number of ether oxygens (including phenoxy) is 3. The highest BCUT2D eigenvalue weighted by Gasteiger charge is 2.25. The van der Waals surface area contributed by atoms with Crippen LogP contribution in [-0.2, 0) is 14.3 Å². The number of quaternary nitrogens is 1. The standard InChI is InChI=1S/C18H27N3O6/c1-6-26-14-9-8-13(10-15(14)27-7-2)19-16(22)11-21(4)12(3)17(23)20-18(24)25-5/h8-10,12H,6-7,11H2,1-5H3,(H,19,22)(H,20,23,24)/p+1/t12-/m1/s1. The SMILES string of the molecule is CCOc1ccc(NC(=O)C[NH+](C)[C@H](C)C(=O)NC(=O)OC)cc1OCC. The van der Waals surface area contributed by atoms with E-state index in [1.165, 1.54) is 7.11 Å². The maximum absolute atomic E-state index is 12.3. The van der Waals surface area contributed by atoms with Crippen molar-refractivity contribution in [2.75, 3.05) is 39.2 Å². The molecule has 0 saturated heterocycles. The van der Waals surface area contributed by atoms with Crippen molar-refractivity contribution >= 4 is 23.6 Å². The molecule has 3 amide bonds. The molecule has 3 N–H and O–H groups in total. The van der Waals surface area contributed by atoms with Crippen LogP contribution in [0, 0.1) is 0 Å². The molecule has 0 aliphatic rings. The van der Waals surface area contributed by atoms with Gasteiger partial charge in [-0.3, -0.25) is 14.9 Å². The van der Waals surface area contributed by atoms with Gasteiger partial charge in [0.1, 0.15) is 0 Å². The molecule has 1 aromatic carbocycles. The first-order chi connectivity index (χ1) is 12.8. The third kappa shape index (κ3) is 7.14. The van der Waals surface area contributed by atoms with E-state index in [0.717, 1.165) is 0 Å². The largest absolute Gasteiger partial charge is 0.490 e. The molecule has 1 aromatic rings. The van der Waals surface area contributed by atoms with Gasteiger partial charge in [0.15, 0.2) is 24.1 Å². The second-order valence-corrected chi connectivity index (χ2v) is 5.80. The number of amides is 3. The van der Waals surface area contributed by atoms with Gasteiger partial charge in [0, 0.05) is 11.8 Å². The second kappa shape index (κ2) is 11.0. The highest BCUT2D eigenvalue weighted by atomic mass is 16.5. The molecule has 0 radical (unpaired) electrons. The van der Waals surface area contributed by atoms with Crippen LogP contribution in [0.3, 0.4) is 0 Å². The number of alkyl carbamates (subject to hydrolysis) is 1. The summed E-state index contributed by atoms with van der Waals surface area (Å²) in [4.78, 5) is 35.9. The lowest BCUT2D eigenvalue weighted by atomic mass is 10.2. The van der Waals surface area contributed by atoms with E-state index in [9.17, 15) is 14.4 Å². The summed E-state index contributed by atoms with van der Waals surface area (Å²) in [7, 11) is 2.86. The van der Waals surface area contributed by atoms with E-state index in [-0.39, 0.29) is 12.5 Å². The molecular weight excluding hydrogens is 354 g/mol. The molecule has 1 unspecified atom stereocenters. The van der Waals surface area contributed by atoms with E-state index in [1.54, 1.807) is 32.2 Å². The van der Waals surface area contributed by atoms with Crippen LogP contribution in [0.1, 0.15) is 20.8 Å². The molecule has 0 fully saturated rings. The Balaban J connectivity index is 2.69. The highest BCUT2D eigenvalue weighted by molar-refractivity contribution is 5.94. The van der Waals surface area contributed by atoms with Gasteiger partial charge in [-0.2, -0.15) is 0 Å². The number of methoxy groups -OCH3 is 1. The molecule has 0 aliphatic heterocycles. The number of carbonyl (C=O) groups excluding carboxylic acids is 3. The van der Waals surface area contributed by atoms with Gasteiger partial charge in [0.05, 0.1) is 27.4 Å². The quantitative estimate of drug-likeness (QED) is 0.564. The van der Waals surface area contributed by atoms with Crippen LogP contribution >= 0.6 is 0 Å². The summed E-state index contributed by atoms with van der Waals surface area (Å²) in [5.41, 5.74) is 0.561. The molecule has 2 atom stereocenters. The summed E-state index contributed by atoms with van der Waals surface area (Å²) in [6.07, 6.45) is -0.832. The lowest BCUT2D eigenvalue weighted by Crippen LogP contribution is -3.15. The second-order valence-electron chi connectivity index (χ2n) is 5.80. The Kier molecular flexibility index (Phi) is 9.07. The fourth-order valence-corrected chi connectivity index (χ4v) is 2.22. The van der Waals surface area contributed by atoms with Gasteiger partial charge >= 0.3 is 6.09 Å². The Labute approximate surface area is 158 Å². The minimum absolute atomic E-state index is 0.0347. The van der Waals surface area contributed by atoms with E-state index in [4.69, 9.17) is 9.47 Å². The molecule has 27 heavy (non-hydrogen) atoms. The molecule has 9 nitrogen and oxygen atoms in total. The molecule has 0 spiro atoms. The lowest BCUT2D eigenvalue weighted by Gasteiger charge is -2.20. The van der Waals surface area contributed by atoms with Crippen molar-refractivity contribution in [3.05, 3.63) is 18.2 Å². The monoisotopic (exact) mass is 382 g/mol. The number of hydrogen-bond acceptors (Lipinski definition) is 6. The van der Waals surface area contributed by atoms with Gasteiger partial charge in [-0.05, 0) is 32.9 Å². The number of imide groups is 1. The lowest BCUT2D eigenvalue weighted by molar-refractivity contribution is -0.885. The predicted molar refractivity (Wildman–Crippen MR) is 99.2 cm³/mol. The van der Waals surface area contributed by atoms with Crippen molar-refractivity contribution in [3.8, 4) is 11.5 Å². The first kappa shape index (κ1) is 22.2. The molecule has 9 heteroatoms. The minimum atomic E-state index is -0.832. The fourth-order valence-electron chi connectivity index (χ4n) is 2.22. The van der Waals surface area contributed by atoms with Gasteiger partial charge in [-0.15, -0.1) is 0 Å². The molecule has 0 aromatic heterocycles. The summed E-state index contributed by atoms with van der Waals surface area (Å²) in [6.45, 7) is 6.36. The van der Waals surface area contributed by atoms with Gasteiger partial charge in [-0.1, -0.05) is 0 Å². The third-order valence-electron chi connectivity index (χ3n) is 3.81. The van der Waals surface area contributed by atoms with Crippen molar-refractivity contribution < 1.29 is 33.5 Å². The molecule has 1 rings (SSSR count). The Hall–Kier alpha value is -2.81. The van der Waals surface area contributed by atoms with Crippen LogP contribution in [0.25, 0.3) is 0 Å². The fraction of sp³-hybridized carbons (Fsp3) is 0.500. The van der Waals surface area contributed by atoms with Gasteiger partial charge in [0.25, 0.3) is 11.8 Å². The predicted octanol–water partition coefficient (Wildman–Crippen LogP) is 0.208. The van der Waals surface area contributed by atoms with E-state index < -0.39 is 18.0 Å². The summed E-state index contributed by atoms with van der Waals surface area (Å²) >= 11 is 0. The van der Waals surface area contributed by atoms with E-state index in [1.807, 2.05) is 13.8 Å². The number of hydrogen-bond donors (Lipinski definition) is 3. The molecule has 150 valence electrons. The first-order valence-electron chi connectivity index (χ1n) is 8.72. The number of anilines is 1. The number of rotatable bonds is 9. The Morgan fingerprint density at radius 3 is 2.33 bits per heavy atom. The van der Waals surface area contributed by atoms with Crippen molar-refractivity contribution in [1.29, 1.82) is 0 Å². The van der Waals surface area contributed by atoms with Gasteiger partial charge < -0.3 is 24.4 Å². The van der Waals surface area contributed by atoms with Crippen molar-refractivity contribution in [3.63, 3.8) is 0 Å². The van der Waals surface area contributed by atoms with E-state index >= 15 is 0 Å². The molecule has 0 heterocycles. The molecule has 0 aliphatic carbocycles. The maximum atomic E-state index is 12.3. The van der Waals surface area contributed by atoms with Gasteiger partial charge in [0.2, 0.25) is 0 Å². The zero-order valence-corrected chi connectivity index (χ0v) is 16.4. The highest BCUT2D eigenvalue weighted by Crippen LogP contribution is 2.30. The van der Waals surface area contributed by atoms with Crippen LogP contribution in [0.5, 0.6) is 11.5 Å². The van der Waals surface area contributed by atoms with Crippen LogP contribution in [0.15, 0.2) is 18.2 Å². The molecule has 0 bridgehead atoms. The maximum Gasteiger partial charge on any atom is 0.413 e. The van der Waals surface area contributed by atoms with Crippen molar-refractivity contribution in [1.82, 2.24) is 5.32 Å². The molecular formula is C18H28N3O6+. The van der Waals surface area contributed by atoms with Crippen molar-refractivity contribution in [2.24, 2.45) is 0 Å². The van der Waals surface area contributed by atoms with Crippen LogP contribution in [-0.4, -0.2) is 57.9 Å². The number of nitrogens with one attached hydrogen (secondary N) is 3. The average molecular weight is 382 g/mol. The van der Waals surface area contributed by atoms with Gasteiger partial charge in [-0.25, -0.2) is 4.79 Å². The number of benzene rings is 1. The van der Waals surface area contributed by atoms with Crippen LogP contribution in [0.4, 0.5) is 10.5 Å². The minimum Gasteiger partial charge on any atom is -0.490 e. The Bertz CT molecular complexity index is 664. The van der Waals surface area contributed by atoms with Crippen LogP contribution in [0.2, 0.25) is 0 Å². The summed E-state index contributed by atoms with van der Waals surface area (Å²) in [5, 5.41) is 4.86. The number of carbonyl (C=O) groups is 3. The average Bonchev–Trinajstić information content (AvgIpc) is 2.63. The van der Waals surface area contributed by atoms with Crippen LogP contribution < -0.4 is 25.0 Å².